The van der Waals surface area contributed by atoms with Crippen LogP contribution in [0.25, 0.3) is 0 Å². The molecule has 2 N–H and O–H groups in total. The summed E-state index contributed by atoms with van der Waals surface area (Å²) in [5.74, 6) is 3.81. The molecule has 0 saturated carbocycles. The summed E-state index contributed by atoms with van der Waals surface area (Å²) in [5, 5.41) is 10.3. The molecule has 6 heteroatoms. The third-order valence-corrected chi connectivity index (χ3v) is 1.40. The fourth-order valence-electron chi connectivity index (χ4n) is 0.814. The van der Waals surface area contributed by atoms with Crippen molar-refractivity contribution in [3.63, 3.8) is 0 Å². The maximum absolute atomic E-state index is 10.8. The third-order valence-electron chi connectivity index (χ3n) is 1.40. The number of hydrogen-bond donors (Lipinski definition) is 1. The van der Waals surface area contributed by atoms with Gasteiger partial charge in [0.25, 0.3) is 5.69 Å². The molecule has 1 rings (SSSR count). The van der Waals surface area contributed by atoms with Crippen LogP contribution in [0.2, 0.25) is 0 Å². The van der Waals surface area contributed by atoms with Crippen LogP contribution in [0.15, 0.2) is 24.3 Å². The molecule has 0 heterocycles. The van der Waals surface area contributed by atoms with E-state index in [1.54, 1.807) is 0 Å². The van der Waals surface area contributed by atoms with Crippen LogP contribution in [0.1, 0.15) is 10.4 Å². The fraction of sp³-hybridized carbons (Fsp3) is 0. The predicted octanol–water partition coefficient (Wildman–Crippen LogP) is 0.625. The van der Waals surface area contributed by atoms with Crippen molar-refractivity contribution < 1.29 is 14.6 Å². The molecule has 0 aliphatic heterocycles. The zero-order valence-corrected chi connectivity index (χ0v) is 6.47. The number of nitrogens with two attached hydrogens (primary N) is 1. The average molecular weight is 182 g/mol. The largest absolute Gasteiger partial charge is 0.370 e. The molecule has 0 fully saturated rings. The highest BCUT2D eigenvalue weighted by molar-refractivity contribution is 5.89. The van der Waals surface area contributed by atoms with Crippen molar-refractivity contribution in [3.05, 3.63) is 39.9 Å². The molecule has 13 heavy (non-hydrogen) atoms. The number of carbonyl (C=O) groups is 1. The van der Waals surface area contributed by atoms with E-state index in [0.29, 0.717) is 0 Å². The van der Waals surface area contributed by atoms with E-state index in [9.17, 15) is 14.9 Å². The van der Waals surface area contributed by atoms with E-state index in [4.69, 9.17) is 0 Å². The van der Waals surface area contributed by atoms with Crippen molar-refractivity contribution >= 4 is 11.7 Å². The van der Waals surface area contributed by atoms with E-state index in [0.717, 1.165) is 6.07 Å². The van der Waals surface area contributed by atoms with Crippen molar-refractivity contribution in [2.75, 3.05) is 0 Å². The minimum Gasteiger partial charge on any atom is -0.370 e. The van der Waals surface area contributed by atoms with Crippen LogP contribution in [0, 0.1) is 10.1 Å². The Balaban J connectivity index is 3.05. The zero-order valence-electron chi connectivity index (χ0n) is 6.47. The van der Waals surface area contributed by atoms with Gasteiger partial charge in [0.05, 0.1) is 10.5 Å². The lowest BCUT2D eigenvalue weighted by atomic mass is 10.2. The van der Waals surface area contributed by atoms with E-state index >= 15 is 0 Å². The Bertz CT molecular complexity index is 350. The highest BCUT2D eigenvalue weighted by Crippen LogP contribution is 2.13. The van der Waals surface area contributed by atoms with Crippen LogP contribution in [-0.2, 0) is 4.84 Å². The van der Waals surface area contributed by atoms with Gasteiger partial charge in [-0.25, -0.2) is 4.79 Å². The molecule has 0 amide bonds. The first-order valence-electron chi connectivity index (χ1n) is 3.30. The maximum atomic E-state index is 10.8. The summed E-state index contributed by atoms with van der Waals surface area (Å²) in [6.07, 6.45) is 0. The van der Waals surface area contributed by atoms with Crippen LogP contribution in [0.4, 0.5) is 5.69 Å². The number of nitrogens with zero attached hydrogens (tertiary/aromatic N) is 1. The zero-order chi connectivity index (χ0) is 9.84. The van der Waals surface area contributed by atoms with Crippen molar-refractivity contribution in [3.8, 4) is 0 Å². The van der Waals surface area contributed by atoms with Gasteiger partial charge in [-0.3, -0.25) is 10.1 Å². The van der Waals surface area contributed by atoms with Crippen LogP contribution in [0.3, 0.4) is 0 Å². The maximum Gasteiger partial charge on any atom is 0.356 e. The van der Waals surface area contributed by atoms with Gasteiger partial charge in [0, 0.05) is 12.1 Å². The third kappa shape index (κ3) is 2.00. The topological polar surface area (TPSA) is 95.5 Å². The van der Waals surface area contributed by atoms with Crippen molar-refractivity contribution in [1.82, 2.24) is 0 Å². The Morgan fingerprint density at radius 3 is 2.77 bits per heavy atom. The smallest absolute Gasteiger partial charge is 0.356 e. The van der Waals surface area contributed by atoms with Crippen molar-refractivity contribution in [1.29, 1.82) is 0 Å². The number of nitro benzene ring substituents is 1. The molecule has 0 aliphatic rings. The molecule has 68 valence electrons. The number of hydrogen-bond acceptors (Lipinski definition) is 5. The summed E-state index contributed by atoms with van der Waals surface area (Å²) in [5.41, 5.74) is -0.125. The first-order valence-corrected chi connectivity index (χ1v) is 3.30. The molecule has 0 spiro atoms. The SMILES string of the molecule is NOC(=O)c1cccc([N+](=O)[O-])c1. The van der Waals surface area contributed by atoms with Gasteiger partial charge in [0.2, 0.25) is 0 Å². The quantitative estimate of drug-likeness (QED) is 0.534. The van der Waals surface area contributed by atoms with Crippen molar-refractivity contribution in [2.24, 2.45) is 5.90 Å². The van der Waals surface area contributed by atoms with E-state index in [1.165, 1.54) is 18.2 Å². The Morgan fingerprint density at radius 1 is 1.54 bits per heavy atom. The van der Waals surface area contributed by atoms with Gasteiger partial charge < -0.3 is 4.84 Å². The van der Waals surface area contributed by atoms with Crippen LogP contribution in [-0.4, -0.2) is 10.9 Å². The Morgan fingerprint density at radius 2 is 2.23 bits per heavy atom. The lowest BCUT2D eigenvalue weighted by molar-refractivity contribution is -0.384. The van der Waals surface area contributed by atoms with E-state index in [2.05, 4.69) is 10.7 Å². The molecule has 0 aliphatic carbocycles. The minimum atomic E-state index is -0.802. The van der Waals surface area contributed by atoms with E-state index < -0.39 is 10.9 Å². The number of nitro groups is 1. The second-order valence-electron chi connectivity index (χ2n) is 2.21. The van der Waals surface area contributed by atoms with Gasteiger partial charge in [0.1, 0.15) is 0 Å². The second kappa shape index (κ2) is 3.63. The first kappa shape index (κ1) is 9.14. The molecule has 0 saturated heterocycles. The molecule has 0 aromatic heterocycles. The van der Waals surface area contributed by atoms with E-state index in [-0.39, 0.29) is 11.3 Å². The molecule has 0 bridgehead atoms. The van der Waals surface area contributed by atoms with Crippen molar-refractivity contribution in [2.45, 2.75) is 0 Å². The summed E-state index contributed by atoms with van der Waals surface area (Å²) in [6.45, 7) is 0. The summed E-state index contributed by atoms with van der Waals surface area (Å²) in [7, 11) is 0. The average Bonchev–Trinajstić information content (AvgIpc) is 2.17. The summed E-state index contributed by atoms with van der Waals surface area (Å²) in [4.78, 5) is 24.4. The van der Waals surface area contributed by atoms with Gasteiger partial charge in [-0.05, 0) is 6.07 Å². The van der Waals surface area contributed by atoms with E-state index in [1.807, 2.05) is 0 Å². The Labute approximate surface area is 73.0 Å². The molecule has 0 radical (unpaired) electrons. The van der Waals surface area contributed by atoms with Crippen LogP contribution in [0.5, 0.6) is 0 Å². The number of benzene rings is 1. The predicted molar refractivity (Wildman–Crippen MR) is 42.7 cm³/mol. The van der Waals surface area contributed by atoms with Gasteiger partial charge in [0.15, 0.2) is 0 Å². The highest BCUT2D eigenvalue weighted by Gasteiger charge is 2.11. The minimum absolute atomic E-state index is 0.0525. The molecular weight excluding hydrogens is 176 g/mol. The van der Waals surface area contributed by atoms with Gasteiger partial charge >= 0.3 is 5.97 Å². The Hall–Kier alpha value is -1.95. The first-order chi connectivity index (χ1) is 6.15. The normalized spacial score (nSPS) is 9.31. The molecular formula is C7H6N2O4. The molecule has 1 aromatic carbocycles. The second-order valence-corrected chi connectivity index (χ2v) is 2.21. The molecule has 1 aromatic rings. The molecule has 6 nitrogen and oxygen atoms in total. The lowest BCUT2D eigenvalue weighted by Gasteiger charge is -1.96. The molecule has 0 atom stereocenters. The Kier molecular flexibility index (Phi) is 2.56. The summed E-state index contributed by atoms with van der Waals surface area (Å²) in [6, 6.07) is 5.12. The monoisotopic (exact) mass is 182 g/mol. The van der Waals surface area contributed by atoms with Gasteiger partial charge in [-0.2, -0.15) is 5.90 Å². The van der Waals surface area contributed by atoms with Crippen LogP contribution < -0.4 is 5.90 Å². The van der Waals surface area contributed by atoms with Crippen LogP contribution >= 0.6 is 0 Å². The number of rotatable bonds is 2. The number of carbonyl (C=O) groups excluding carboxylic acids is 1. The van der Waals surface area contributed by atoms with Gasteiger partial charge in [-0.15, -0.1) is 0 Å². The highest BCUT2D eigenvalue weighted by atomic mass is 16.7. The molecule has 0 unspecified atom stereocenters. The standard InChI is InChI=1S/C7H6N2O4/c8-13-7(10)5-2-1-3-6(4-5)9(11)12/h1-4H,8H2. The summed E-state index contributed by atoms with van der Waals surface area (Å²) < 4.78 is 0. The summed E-state index contributed by atoms with van der Waals surface area (Å²) >= 11 is 0. The van der Waals surface area contributed by atoms with Gasteiger partial charge in [-0.1, -0.05) is 6.07 Å². The number of non-ortho nitro benzene ring substituents is 1. The fourth-order valence-corrected chi connectivity index (χ4v) is 0.814. The lowest BCUT2D eigenvalue weighted by Crippen LogP contribution is -2.10.